The van der Waals surface area contributed by atoms with Gasteiger partial charge in [-0.05, 0) is 63.6 Å². The molecule has 1 saturated heterocycles. The third-order valence-electron chi connectivity index (χ3n) is 10.3. The van der Waals surface area contributed by atoms with Crippen LogP contribution in [-0.2, 0) is 16.6 Å². The third kappa shape index (κ3) is 5.32. The number of likely N-dealkylation sites (tertiary alicyclic amines) is 1. The summed E-state index contributed by atoms with van der Waals surface area (Å²) in [6.07, 6.45) is 2.20. The number of pyridine rings is 1. The van der Waals surface area contributed by atoms with Crippen LogP contribution >= 0.6 is 0 Å². The minimum absolute atomic E-state index is 0.0277. The number of hydrogen-bond donors (Lipinski definition) is 1. The van der Waals surface area contributed by atoms with Crippen molar-refractivity contribution in [1.29, 1.82) is 0 Å². The molecule has 7 aromatic rings. The Morgan fingerprint density at radius 2 is 1.78 bits per heavy atom. The minimum atomic E-state index is -3.74. The van der Waals surface area contributed by atoms with Crippen molar-refractivity contribution in [3.8, 4) is 22.6 Å². The molecule has 1 aliphatic heterocycles. The molecule has 51 heavy (non-hydrogen) atoms. The molecule has 4 aromatic heterocycles. The van der Waals surface area contributed by atoms with E-state index in [4.69, 9.17) is 14.4 Å². The Kier molecular flexibility index (Phi) is 7.48. The highest BCUT2D eigenvalue weighted by Gasteiger charge is 2.36. The standard InChI is InChI=1S/C39H37FN6O4S/c1-22-10-12-23(13-11-22)37-35(38(47)41-4)26-18-25(31(20-33(26)50-37)44(5)51(6,48)49)28-14-15-29-36(43-28)32-19-24-27(40)8-7-9-30(24)46(32)34(42-29)21-45-17-16-39(45,2)3/h7-15,18-20H,16-17,21H2,1-6H3,(H,41,47). The van der Waals surface area contributed by atoms with Crippen molar-refractivity contribution < 1.29 is 22.0 Å². The first-order chi connectivity index (χ1) is 24.2. The number of aryl methyl sites for hydroxylation is 1. The number of rotatable bonds is 7. The number of nitrogens with zero attached hydrogens (tertiary/aromatic N) is 5. The van der Waals surface area contributed by atoms with Gasteiger partial charge in [0.2, 0.25) is 10.0 Å². The molecule has 12 heteroatoms. The maximum absolute atomic E-state index is 15.3. The second-order valence-electron chi connectivity index (χ2n) is 14.0. The number of furan rings is 1. The minimum Gasteiger partial charge on any atom is -0.455 e. The molecule has 0 bridgehead atoms. The highest BCUT2D eigenvalue weighted by Crippen LogP contribution is 2.42. The van der Waals surface area contributed by atoms with Crippen molar-refractivity contribution in [2.24, 2.45) is 0 Å². The number of aromatic nitrogens is 3. The van der Waals surface area contributed by atoms with E-state index in [1.807, 2.05) is 47.7 Å². The molecule has 1 N–H and O–H groups in total. The summed E-state index contributed by atoms with van der Waals surface area (Å²) in [5, 5.41) is 3.69. The van der Waals surface area contributed by atoms with E-state index in [0.717, 1.165) is 30.6 Å². The topological polar surface area (TPSA) is 113 Å². The number of fused-ring (bicyclic) bond motifs is 6. The second-order valence-corrected chi connectivity index (χ2v) is 16.0. The van der Waals surface area contributed by atoms with Crippen molar-refractivity contribution in [2.75, 3.05) is 31.2 Å². The first-order valence-corrected chi connectivity index (χ1v) is 18.6. The number of sulfonamides is 1. The van der Waals surface area contributed by atoms with E-state index in [1.54, 1.807) is 37.4 Å². The molecular weight excluding hydrogens is 668 g/mol. The Morgan fingerprint density at radius 1 is 1.02 bits per heavy atom. The summed E-state index contributed by atoms with van der Waals surface area (Å²) in [6.45, 7) is 7.90. The van der Waals surface area contributed by atoms with Crippen molar-refractivity contribution in [3.05, 3.63) is 95.6 Å². The zero-order valence-corrected chi connectivity index (χ0v) is 30.0. The average Bonchev–Trinajstić information content (AvgIpc) is 3.69. The highest BCUT2D eigenvalue weighted by atomic mass is 32.2. The summed E-state index contributed by atoms with van der Waals surface area (Å²) in [5.74, 6) is 0.448. The van der Waals surface area contributed by atoms with Crippen LogP contribution in [0.1, 0.15) is 42.0 Å². The molecule has 0 unspecified atom stereocenters. The monoisotopic (exact) mass is 704 g/mol. The first kappa shape index (κ1) is 32.9. The molecule has 5 heterocycles. The van der Waals surface area contributed by atoms with Gasteiger partial charge in [-0.1, -0.05) is 35.9 Å². The second kappa shape index (κ2) is 11.6. The summed E-state index contributed by atoms with van der Waals surface area (Å²) in [7, 11) is -0.716. The summed E-state index contributed by atoms with van der Waals surface area (Å²) in [6, 6.07) is 21.5. The molecule has 0 saturated carbocycles. The SMILES string of the molecule is CNC(=O)c1c(-c2ccc(C)cc2)oc2cc(N(C)S(C)(=O)=O)c(-c3ccc4nc(CN5CCC5(C)C)n5c6cccc(F)c6cc5c4n3)cc12. The van der Waals surface area contributed by atoms with Gasteiger partial charge in [0, 0.05) is 54.1 Å². The van der Waals surface area contributed by atoms with Crippen LogP contribution < -0.4 is 9.62 Å². The lowest BCUT2D eigenvalue weighted by molar-refractivity contribution is 0.00552. The molecule has 0 aliphatic carbocycles. The van der Waals surface area contributed by atoms with Gasteiger partial charge in [-0.15, -0.1) is 0 Å². The Bertz CT molecular complexity index is 2680. The van der Waals surface area contributed by atoms with Crippen LogP contribution in [0.25, 0.3) is 61.0 Å². The predicted molar refractivity (Wildman–Crippen MR) is 199 cm³/mol. The van der Waals surface area contributed by atoms with E-state index in [2.05, 4.69) is 24.1 Å². The molecular formula is C39H37FN6O4S. The van der Waals surface area contributed by atoms with Gasteiger partial charge in [-0.3, -0.25) is 18.4 Å². The fraction of sp³-hybridized carbons (Fsp3) is 0.256. The smallest absolute Gasteiger partial charge is 0.255 e. The van der Waals surface area contributed by atoms with E-state index in [1.165, 1.54) is 17.4 Å². The van der Waals surface area contributed by atoms with Gasteiger partial charge in [0.05, 0.1) is 46.3 Å². The molecule has 1 aliphatic rings. The van der Waals surface area contributed by atoms with Crippen LogP contribution in [-0.4, -0.2) is 66.0 Å². The van der Waals surface area contributed by atoms with Gasteiger partial charge < -0.3 is 9.73 Å². The zero-order valence-electron chi connectivity index (χ0n) is 29.2. The van der Waals surface area contributed by atoms with Crippen LogP contribution in [0.4, 0.5) is 10.1 Å². The summed E-state index contributed by atoms with van der Waals surface area (Å²) in [5.41, 5.74) is 6.21. The van der Waals surface area contributed by atoms with Crippen LogP contribution in [0.15, 0.2) is 77.2 Å². The van der Waals surface area contributed by atoms with Gasteiger partial charge in [0.15, 0.2) is 0 Å². The largest absolute Gasteiger partial charge is 0.455 e. The van der Waals surface area contributed by atoms with Crippen LogP contribution in [0.5, 0.6) is 0 Å². The van der Waals surface area contributed by atoms with E-state index >= 15 is 4.39 Å². The van der Waals surface area contributed by atoms with Crippen molar-refractivity contribution in [2.45, 2.75) is 39.3 Å². The Hall–Kier alpha value is -5.33. The highest BCUT2D eigenvalue weighted by molar-refractivity contribution is 7.92. The fourth-order valence-corrected chi connectivity index (χ4v) is 7.55. The lowest BCUT2D eigenvalue weighted by Crippen LogP contribution is -2.55. The molecule has 260 valence electrons. The quantitative estimate of drug-likeness (QED) is 0.185. The number of nitrogens with one attached hydrogen (secondary N) is 1. The molecule has 1 amide bonds. The summed E-state index contributed by atoms with van der Waals surface area (Å²) >= 11 is 0. The predicted octanol–water partition coefficient (Wildman–Crippen LogP) is 7.30. The maximum atomic E-state index is 15.3. The van der Waals surface area contributed by atoms with Gasteiger partial charge in [-0.25, -0.2) is 22.8 Å². The molecule has 1 fully saturated rings. The van der Waals surface area contributed by atoms with Gasteiger partial charge in [0.1, 0.15) is 28.5 Å². The molecule has 8 rings (SSSR count). The Balaban J connectivity index is 1.40. The van der Waals surface area contributed by atoms with Crippen molar-refractivity contribution in [3.63, 3.8) is 0 Å². The summed E-state index contributed by atoms with van der Waals surface area (Å²) in [4.78, 5) is 26.0. The number of anilines is 1. The Morgan fingerprint density at radius 3 is 2.45 bits per heavy atom. The average molecular weight is 705 g/mol. The normalized spacial score (nSPS) is 14.8. The van der Waals surface area contributed by atoms with Crippen molar-refractivity contribution in [1.82, 2.24) is 24.6 Å². The zero-order chi connectivity index (χ0) is 36.0. The van der Waals surface area contributed by atoms with E-state index in [0.29, 0.717) is 78.8 Å². The van der Waals surface area contributed by atoms with E-state index in [9.17, 15) is 13.2 Å². The molecule has 0 spiro atoms. The van der Waals surface area contributed by atoms with Crippen LogP contribution in [0.2, 0.25) is 0 Å². The van der Waals surface area contributed by atoms with Crippen LogP contribution in [0.3, 0.4) is 0 Å². The number of benzene rings is 3. The van der Waals surface area contributed by atoms with Crippen LogP contribution in [0, 0.1) is 12.7 Å². The molecule has 3 aromatic carbocycles. The first-order valence-electron chi connectivity index (χ1n) is 16.7. The number of carbonyl (C=O) groups is 1. The summed E-state index contributed by atoms with van der Waals surface area (Å²) < 4.78 is 50.8. The van der Waals surface area contributed by atoms with Crippen molar-refractivity contribution >= 4 is 60.0 Å². The lowest BCUT2D eigenvalue weighted by Gasteiger charge is -2.48. The Labute approximate surface area is 294 Å². The van der Waals surface area contributed by atoms with E-state index < -0.39 is 10.0 Å². The number of hydrogen-bond acceptors (Lipinski definition) is 7. The molecule has 10 nitrogen and oxygen atoms in total. The molecule has 0 atom stereocenters. The molecule has 0 radical (unpaired) electrons. The van der Waals surface area contributed by atoms with Gasteiger partial charge in [-0.2, -0.15) is 0 Å². The fourth-order valence-electron chi connectivity index (χ4n) is 7.04. The number of halogens is 1. The van der Waals surface area contributed by atoms with Gasteiger partial charge in [0.25, 0.3) is 5.91 Å². The number of carbonyl (C=O) groups excluding carboxylic acids is 1. The number of amides is 1. The van der Waals surface area contributed by atoms with E-state index in [-0.39, 0.29) is 17.3 Å². The maximum Gasteiger partial charge on any atom is 0.255 e. The lowest BCUT2D eigenvalue weighted by atomic mass is 9.89. The third-order valence-corrected chi connectivity index (χ3v) is 11.5. The van der Waals surface area contributed by atoms with Gasteiger partial charge >= 0.3 is 0 Å².